The van der Waals surface area contributed by atoms with Gasteiger partial charge < -0.3 is 13.9 Å². The number of fused-ring (bicyclic) bond motifs is 3. The molecule has 0 saturated heterocycles. The third kappa shape index (κ3) is 3.87. The van der Waals surface area contributed by atoms with Crippen molar-refractivity contribution in [2.24, 2.45) is 0 Å². The van der Waals surface area contributed by atoms with Crippen molar-refractivity contribution in [3.8, 4) is 5.75 Å². The Morgan fingerprint density at radius 1 is 1.00 bits per heavy atom. The predicted octanol–water partition coefficient (Wildman–Crippen LogP) is 3.79. The number of hydrogen-bond donors (Lipinski definition) is 0. The van der Waals surface area contributed by atoms with Crippen LogP contribution in [0.3, 0.4) is 0 Å². The van der Waals surface area contributed by atoms with Gasteiger partial charge in [0.2, 0.25) is 0 Å². The van der Waals surface area contributed by atoms with Gasteiger partial charge in [-0.2, -0.15) is 0 Å². The van der Waals surface area contributed by atoms with Gasteiger partial charge in [-0.3, -0.25) is 0 Å². The molecular formula is C22H20O5. The molecule has 1 heterocycles. The van der Waals surface area contributed by atoms with Crippen molar-refractivity contribution in [2.45, 2.75) is 32.3 Å². The van der Waals surface area contributed by atoms with Crippen LogP contribution < -0.4 is 10.4 Å². The molecule has 5 nitrogen and oxygen atoms in total. The van der Waals surface area contributed by atoms with Crippen LogP contribution >= 0.6 is 0 Å². The maximum absolute atomic E-state index is 12.2. The van der Waals surface area contributed by atoms with Crippen LogP contribution in [0.2, 0.25) is 0 Å². The number of aryl methyl sites for hydroxylation is 1. The van der Waals surface area contributed by atoms with Crippen LogP contribution in [0.4, 0.5) is 0 Å². The molecule has 1 aromatic heterocycles. The number of hydrogen-bond acceptors (Lipinski definition) is 5. The van der Waals surface area contributed by atoms with Crippen molar-refractivity contribution >= 4 is 16.9 Å². The van der Waals surface area contributed by atoms with Crippen LogP contribution in [-0.2, 0) is 29.0 Å². The Morgan fingerprint density at radius 3 is 2.59 bits per heavy atom. The number of benzene rings is 2. The molecule has 0 aliphatic heterocycles. The van der Waals surface area contributed by atoms with E-state index >= 15 is 0 Å². The maximum Gasteiger partial charge on any atom is 0.344 e. The summed E-state index contributed by atoms with van der Waals surface area (Å²) < 4.78 is 16.2. The lowest BCUT2D eigenvalue weighted by Crippen LogP contribution is -2.16. The van der Waals surface area contributed by atoms with Crippen molar-refractivity contribution in [3.63, 3.8) is 0 Å². The largest absolute Gasteiger partial charge is 0.482 e. The first-order valence-electron chi connectivity index (χ1n) is 9.12. The van der Waals surface area contributed by atoms with E-state index in [2.05, 4.69) is 0 Å². The molecule has 0 radical (unpaired) electrons. The SMILES string of the molecule is O=C(COc1ccc2c3c(c(=O)oc2c1)CCCC3)OCc1ccccc1. The summed E-state index contributed by atoms with van der Waals surface area (Å²) >= 11 is 0. The quantitative estimate of drug-likeness (QED) is 0.509. The second-order valence-electron chi connectivity index (χ2n) is 6.65. The molecule has 0 atom stereocenters. The lowest BCUT2D eigenvalue weighted by Gasteiger charge is -2.16. The van der Waals surface area contributed by atoms with Gasteiger partial charge in [0.15, 0.2) is 6.61 Å². The second kappa shape index (κ2) is 7.66. The van der Waals surface area contributed by atoms with Gasteiger partial charge in [0.25, 0.3) is 0 Å². The highest BCUT2D eigenvalue weighted by atomic mass is 16.6. The van der Waals surface area contributed by atoms with E-state index in [1.807, 2.05) is 36.4 Å². The molecule has 0 spiro atoms. The van der Waals surface area contributed by atoms with Crippen molar-refractivity contribution < 1.29 is 18.7 Å². The molecule has 0 N–H and O–H groups in total. The van der Waals surface area contributed by atoms with Gasteiger partial charge in [-0.25, -0.2) is 9.59 Å². The fourth-order valence-corrected chi connectivity index (χ4v) is 3.44. The molecule has 4 rings (SSSR count). The van der Waals surface area contributed by atoms with Gasteiger partial charge in [0.1, 0.15) is 17.9 Å². The third-order valence-electron chi connectivity index (χ3n) is 4.79. The normalized spacial score (nSPS) is 13.2. The van der Waals surface area contributed by atoms with Gasteiger partial charge in [0, 0.05) is 17.0 Å². The molecular weight excluding hydrogens is 344 g/mol. The van der Waals surface area contributed by atoms with Gasteiger partial charge in [0.05, 0.1) is 0 Å². The Bertz CT molecular complexity index is 1020. The first-order valence-corrected chi connectivity index (χ1v) is 9.12. The zero-order chi connectivity index (χ0) is 18.6. The molecule has 2 aromatic carbocycles. The highest BCUT2D eigenvalue weighted by Crippen LogP contribution is 2.29. The van der Waals surface area contributed by atoms with Crippen molar-refractivity contribution in [2.75, 3.05) is 6.61 Å². The number of esters is 1. The van der Waals surface area contributed by atoms with Crippen molar-refractivity contribution in [1.82, 2.24) is 0 Å². The number of carbonyl (C=O) groups is 1. The van der Waals surface area contributed by atoms with E-state index in [-0.39, 0.29) is 18.8 Å². The van der Waals surface area contributed by atoms with E-state index in [1.54, 1.807) is 12.1 Å². The minimum absolute atomic E-state index is 0.201. The summed E-state index contributed by atoms with van der Waals surface area (Å²) in [5, 5.41) is 0.948. The average Bonchev–Trinajstić information content (AvgIpc) is 2.71. The smallest absolute Gasteiger partial charge is 0.344 e. The van der Waals surface area contributed by atoms with Gasteiger partial charge >= 0.3 is 11.6 Å². The molecule has 0 unspecified atom stereocenters. The van der Waals surface area contributed by atoms with Crippen LogP contribution in [0.5, 0.6) is 5.75 Å². The zero-order valence-corrected chi connectivity index (χ0v) is 14.9. The molecule has 0 bridgehead atoms. The topological polar surface area (TPSA) is 65.7 Å². The molecule has 1 aliphatic carbocycles. The van der Waals surface area contributed by atoms with Gasteiger partial charge in [-0.15, -0.1) is 0 Å². The first-order chi connectivity index (χ1) is 13.2. The number of rotatable bonds is 5. The molecule has 0 amide bonds. The summed E-state index contributed by atoms with van der Waals surface area (Å²) in [6.45, 7) is 0.00921. The van der Waals surface area contributed by atoms with E-state index < -0.39 is 5.97 Å². The minimum Gasteiger partial charge on any atom is -0.482 e. The van der Waals surface area contributed by atoms with Crippen molar-refractivity contribution in [1.29, 1.82) is 0 Å². The first kappa shape index (κ1) is 17.3. The zero-order valence-electron chi connectivity index (χ0n) is 14.9. The highest BCUT2D eigenvalue weighted by Gasteiger charge is 2.18. The Labute approximate surface area is 156 Å². The fraction of sp³-hybridized carbons (Fsp3) is 0.273. The monoisotopic (exact) mass is 364 g/mol. The summed E-state index contributed by atoms with van der Waals surface area (Å²) in [6, 6.07) is 14.8. The second-order valence-corrected chi connectivity index (χ2v) is 6.65. The summed E-state index contributed by atoms with van der Waals surface area (Å²) in [4.78, 5) is 24.1. The van der Waals surface area contributed by atoms with E-state index in [1.165, 1.54) is 0 Å². The van der Waals surface area contributed by atoms with E-state index in [4.69, 9.17) is 13.9 Å². The Morgan fingerprint density at radius 2 is 1.78 bits per heavy atom. The van der Waals surface area contributed by atoms with E-state index in [0.717, 1.165) is 47.8 Å². The molecule has 3 aromatic rings. The summed E-state index contributed by atoms with van der Waals surface area (Å²) in [6.07, 6.45) is 3.77. The lowest BCUT2D eigenvalue weighted by atomic mass is 9.91. The average molecular weight is 364 g/mol. The summed E-state index contributed by atoms with van der Waals surface area (Å²) in [7, 11) is 0. The van der Waals surface area contributed by atoms with Crippen LogP contribution in [0, 0.1) is 0 Å². The standard InChI is InChI=1S/C22H20O5/c23-21(26-13-15-6-2-1-3-7-15)14-25-16-10-11-18-17-8-4-5-9-19(17)22(24)27-20(18)12-16/h1-3,6-7,10-12H,4-5,8-9,13-14H2. The third-order valence-corrected chi connectivity index (χ3v) is 4.79. The Kier molecular flexibility index (Phi) is 4.92. The minimum atomic E-state index is -0.453. The van der Waals surface area contributed by atoms with Crippen LogP contribution in [0.25, 0.3) is 11.0 Å². The molecule has 138 valence electrons. The maximum atomic E-state index is 12.2. The molecule has 1 aliphatic rings. The van der Waals surface area contributed by atoms with Gasteiger partial charge in [-0.1, -0.05) is 30.3 Å². The Balaban J connectivity index is 1.43. The Hall–Kier alpha value is -3.08. The fourth-order valence-electron chi connectivity index (χ4n) is 3.44. The van der Waals surface area contributed by atoms with Crippen LogP contribution in [-0.4, -0.2) is 12.6 Å². The number of carbonyl (C=O) groups excluding carboxylic acids is 1. The molecule has 0 saturated carbocycles. The number of ether oxygens (including phenoxy) is 2. The van der Waals surface area contributed by atoms with E-state index in [0.29, 0.717) is 11.3 Å². The molecule has 0 fully saturated rings. The summed E-state index contributed by atoms with van der Waals surface area (Å²) in [5.74, 6) is 0.0175. The van der Waals surface area contributed by atoms with Crippen LogP contribution in [0.15, 0.2) is 57.7 Å². The summed E-state index contributed by atoms with van der Waals surface area (Å²) in [5.41, 5.74) is 3.03. The van der Waals surface area contributed by atoms with E-state index in [9.17, 15) is 9.59 Å². The van der Waals surface area contributed by atoms with Crippen molar-refractivity contribution in [3.05, 3.63) is 75.6 Å². The van der Waals surface area contributed by atoms with Gasteiger partial charge in [-0.05, 0) is 48.9 Å². The lowest BCUT2D eigenvalue weighted by molar-refractivity contribution is -0.147. The highest BCUT2D eigenvalue weighted by molar-refractivity contribution is 5.83. The predicted molar refractivity (Wildman–Crippen MR) is 101 cm³/mol. The van der Waals surface area contributed by atoms with Crippen LogP contribution in [0.1, 0.15) is 29.5 Å². The molecule has 27 heavy (non-hydrogen) atoms. The molecule has 5 heteroatoms.